The highest BCUT2D eigenvalue weighted by atomic mass is 16.2. The Balaban J connectivity index is 1.69. The summed E-state index contributed by atoms with van der Waals surface area (Å²) in [4.78, 5) is 39.6. The van der Waals surface area contributed by atoms with Gasteiger partial charge in [-0.05, 0) is 63.3 Å². The van der Waals surface area contributed by atoms with Gasteiger partial charge in [0.15, 0.2) is 5.78 Å². The Morgan fingerprint density at radius 1 is 1.18 bits per heavy atom. The maximum atomic E-state index is 12.8. The Labute approximate surface area is 165 Å². The van der Waals surface area contributed by atoms with Crippen molar-refractivity contribution in [3.63, 3.8) is 0 Å². The van der Waals surface area contributed by atoms with Gasteiger partial charge in [-0.25, -0.2) is 0 Å². The molecule has 1 unspecified atom stereocenters. The van der Waals surface area contributed by atoms with Crippen LogP contribution in [0.4, 0.5) is 5.69 Å². The Hall–Kier alpha value is -2.89. The number of aryl methyl sites for hydroxylation is 1. The summed E-state index contributed by atoms with van der Waals surface area (Å²) in [7, 11) is 0. The molecule has 148 valence electrons. The molecule has 0 saturated heterocycles. The van der Waals surface area contributed by atoms with Crippen LogP contribution in [0.25, 0.3) is 0 Å². The molecular formula is C22H27N3O3. The highest BCUT2D eigenvalue weighted by molar-refractivity contribution is 6.02. The molecule has 3 rings (SSSR count). The third-order valence-electron chi connectivity index (χ3n) is 5.20. The second-order valence-electron chi connectivity index (χ2n) is 7.47. The highest BCUT2D eigenvalue weighted by Gasteiger charge is 2.29. The topological polar surface area (TPSA) is 91.1 Å². The molecule has 1 saturated carbocycles. The van der Waals surface area contributed by atoms with Crippen LogP contribution < -0.4 is 10.6 Å². The number of H-pyrrole nitrogens is 1. The van der Waals surface area contributed by atoms with Crippen LogP contribution in [0.15, 0.2) is 24.3 Å². The average Bonchev–Trinajstić information content (AvgIpc) is 3.44. The number of amides is 2. The summed E-state index contributed by atoms with van der Waals surface area (Å²) < 4.78 is 0. The van der Waals surface area contributed by atoms with Crippen LogP contribution in [0.1, 0.15) is 77.3 Å². The second-order valence-corrected chi connectivity index (χ2v) is 7.47. The van der Waals surface area contributed by atoms with Crippen LogP contribution >= 0.6 is 0 Å². The number of hydrogen-bond acceptors (Lipinski definition) is 3. The molecule has 1 aromatic carbocycles. The number of Topliss-reactive ketones (excluding diaryl/α,β-unsaturated/α-hetero) is 1. The maximum Gasteiger partial charge on any atom is 0.268 e. The number of carbonyl (C=O) groups is 3. The van der Waals surface area contributed by atoms with E-state index in [2.05, 4.69) is 15.6 Å². The predicted molar refractivity (Wildman–Crippen MR) is 109 cm³/mol. The van der Waals surface area contributed by atoms with Crippen molar-refractivity contribution >= 4 is 23.3 Å². The van der Waals surface area contributed by atoms with Crippen molar-refractivity contribution in [2.24, 2.45) is 5.92 Å². The van der Waals surface area contributed by atoms with Gasteiger partial charge in [0.1, 0.15) is 5.69 Å². The first kappa shape index (κ1) is 19.9. The first-order valence-electron chi connectivity index (χ1n) is 9.75. The lowest BCUT2D eigenvalue weighted by Gasteiger charge is -2.15. The van der Waals surface area contributed by atoms with E-state index in [0.717, 1.165) is 35.3 Å². The number of carbonyl (C=O) groups excluding carboxylic acids is 3. The Bertz CT molecular complexity index is 908. The van der Waals surface area contributed by atoms with Crippen molar-refractivity contribution in [1.82, 2.24) is 10.3 Å². The fraction of sp³-hybridized carbons (Fsp3) is 0.409. The second kappa shape index (κ2) is 8.00. The molecule has 6 heteroatoms. The van der Waals surface area contributed by atoms with Crippen LogP contribution in [0.2, 0.25) is 0 Å². The van der Waals surface area contributed by atoms with E-state index in [-0.39, 0.29) is 29.6 Å². The van der Waals surface area contributed by atoms with Crippen molar-refractivity contribution < 1.29 is 14.4 Å². The summed E-state index contributed by atoms with van der Waals surface area (Å²) in [6.45, 7) is 7.17. The fourth-order valence-corrected chi connectivity index (χ4v) is 3.50. The first-order chi connectivity index (χ1) is 13.3. The van der Waals surface area contributed by atoms with Crippen LogP contribution in [0, 0.1) is 12.8 Å². The summed E-state index contributed by atoms with van der Waals surface area (Å²) in [6, 6.07) is 7.28. The molecule has 28 heavy (non-hydrogen) atoms. The van der Waals surface area contributed by atoms with Crippen molar-refractivity contribution in [2.75, 3.05) is 5.32 Å². The lowest BCUT2D eigenvalue weighted by atomic mass is 10.0. The lowest BCUT2D eigenvalue weighted by Crippen LogP contribution is -2.28. The van der Waals surface area contributed by atoms with E-state index in [9.17, 15) is 14.4 Å². The minimum Gasteiger partial charge on any atom is -0.354 e. The summed E-state index contributed by atoms with van der Waals surface area (Å²) in [5, 5.41) is 5.89. The van der Waals surface area contributed by atoms with Crippen LogP contribution in [-0.4, -0.2) is 22.6 Å². The smallest absolute Gasteiger partial charge is 0.268 e. The Kier molecular flexibility index (Phi) is 5.68. The van der Waals surface area contributed by atoms with Gasteiger partial charge in [-0.3, -0.25) is 14.4 Å². The van der Waals surface area contributed by atoms with E-state index >= 15 is 0 Å². The van der Waals surface area contributed by atoms with Crippen molar-refractivity contribution in [3.8, 4) is 0 Å². The molecule has 2 aromatic rings. The quantitative estimate of drug-likeness (QED) is 0.635. The zero-order valence-electron chi connectivity index (χ0n) is 16.8. The van der Waals surface area contributed by atoms with Gasteiger partial charge in [-0.1, -0.05) is 19.1 Å². The summed E-state index contributed by atoms with van der Waals surface area (Å²) in [6.07, 6.45) is 2.54. The normalized spacial score (nSPS) is 14.4. The summed E-state index contributed by atoms with van der Waals surface area (Å²) in [5.74, 6) is -0.0352. The van der Waals surface area contributed by atoms with E-state index in [4.69, 9.17) is 0 Å². The molecule has 0 aliphatic heterocycles. The van der Waals surface area contributed by atoms with Gasteiger partial charge in [-0.15, -0.1) is 0 Å². The minimum atomic E-state index is -0.230. The van der Waals surface area contributed by atoms with E-state index in [1.54, 1.807) is 0 Å². The van der Waals surface area contributed by atoms with Gasteiger partial charge in [-0.2, -0.15) is 0 Å². The number of ketones is 1. The molecule has 1 aliphatic carbocycles. The molecule has 3 N–H and O–H groups in total. The van der Waals surface area contributed by atoms with Crippen LogP contribution in [0.3, 0.4) is 0 Å². The van der Waals surface area contributed by atoms with Gasteiger partial charge in [0.2, 0.25) is 5.91 Å². The number of hydrogen-bond donors (Lipinski definition) is 3. The largest absolute Gasteiger partial charge is 0.354 e. The van der Waals surface area contributed by atoms with Gasteiger partial charge < -0.3 is 15.6 Å². The SMILES string of the molecule is CCc1c(C(=O)NC(C)c2ccc(NC(=O)C3CC3)cc2)[nH]c(C)c1C(C)=O. The van der Waals surface area contributed by atoms with Gasteiger partial charge in [0.25, 0.3) is 5.91 Å². The molecule has 0 radical (unpaired) electrons. The molecule has 0 bridgehead atoms. The third-order valence-corrected chi connectivity index (χ3v) is 5.20. The highest BCUT2D eigenvalue weighted by Crippen LogP contribution is 2.30. The Morgan fingerprint density at radius 2 is 1.82 bits per heavy atom. The Morgan fingerprint density at radius 3 is 2.36 bits per heavy atom. The van der Waals surface area contributed by atoms with Gasteiger partial charge >= 0.3 is 0 Å². The van der Waals surface area contributed by atoms with Crippen molar-refractivity contribution in [3.05, 3.63) is 52.3 Å². The van der Waals surface area contributed by atoms with Crippen LogP contribution in [0.5, 0.6) is 0 Å². The maximum absolute atomic E-state index is 12.8. The molecule has 1 aliphatic rings. The zero-order chi connectivity index (χ0) is 20.4. The van der Waals surface area contributed by atoms with Gasteiger partial charge in [0.05, 0.1) is 6.04 Å². The standard InChI is InChI=1S/C22H27N3O3/c1-5-18-19(14(4)26)13(3)23-20(18)22(28)24-12(2)15-8-10-17(11-9-15)25-21(27)16-6-7-16/h8-12,16,23H,5-7H2,1-4H3,(H,24,28)(H,25,27). The van der Waals surface area contributed by atoms with Crippen molar-refractivity contribution in [2.45, 2.75) is 53.0 Å². The minimum absolute atomic E-state index is 0.0402. The number of anilines is 1. The zero-order valence-corrected chi connectivity index (χ0v) is 16.8. The van der Waals surface area contributed by atoms with E-state index < -0.39 is 0 Å². The monoisotopic (exact) mass is 381 g/mol. The van der Waals surface area contributed by atoms with E-state index in [1.165, 1.54) is 6.92 Å². The summed E-state index contributed by atoms with van der Waals surface area (Å²) >= 11 is 0. The molecule has 1 atom stereocenters. The van der Waals surface area contributed by atoms with Crippen LogP contribution in [-0.2, 0) is 11.2 Å². The molecule has 1 heterocycles. The van der Waals surface area contributed by atoms with Gasteiger partial charge in [0, 0.05) is 22.9 Å². The molecule has 2 amide bonds. The first-order valence-corrected chi connectivity index (χ1v) is 9.75. The van der Waals surface area contributed by atoms with Crippen molar-refractivity contribution in [1.29, 1.82) is 0 Å². The number of aromatic amines is 1. The van der Waals surface area contributed by atoms with E-state index in [0.29, 0.717) is 17.7 Å². The van der Waals surface area contributed by atoms with E-state index in [1.807, 2.05) is 45.0 Å². The molecule has 1 fully saturated rings. The molecule has 1 aromatic heterocycles. The molecular weight excluding hydrogens is 354 g/mol. The third kappa shape index (κ3) is 4.16. The number of nitrogens with one attached hydrogen (secondary N) is 3. The molecule has 0 spiro atoms. The average molecular weight is 381 g/mol. The number of rotatable bonds is 7. The number of aromatic nitrogens is 1. The molecule has 6 nitrogen and oxygen atoms in total. The number of benzene rings is 1. The fourth-order valence-electron chi connectivity index (χ4n) is 3.50. The lowest BCUT2D eigenvalue weighted by molar-refractivity contribution is -0.117. The summed E-state index contributed by atoms with van der Waals surface area (Å²) in [5.41, 5.74) is 4.23. The predicted octanol–water partition coefficient (Wildman–Crippen LogP) is 3.93.